The van der Waals surface area contributed by atoms with Gasteiger partial charge in [-0.3, -0.25) is 9.48 Å². The Morgan fingerprint density at radius 1 is 1.12 bits per heavy atom. The summed E-state index contributed by atoms with van der Waals surface area (Å²) in [6.45, 7) is 4.27. The van der Waals surface area contributed by atoms with Crippen LogP contribution in [0.1, 0.15) is 77.2 Å². The predicted molar refractivity (Wildman–Crippen MR) is 118 cm³/mol. The Morgan fingerprint density at radius 3 is 2.62 bits per heavy atom. The highest BCUT2D eigenvalue weighted by Crippen LogP contribution is 2.68. The average molecular weight is 435 g/mol. The largest absolute Gasteiger partial charge is 0.390 e. The molecule has 0 spiro atoms. The first-order chi connectivity index (χ1) is 15.2. The number of ketones is 1. The van der Waals surface area contributed by atoms with Gasteiger partial charge in [-0.25, -0.2) is 0 Å². The molecule has 6 nitrogen and oxygen atoms in total. The number of hydrogen-bond acceptors (Lipinski definition) is 5. The van der Waals surface area contributed by atoms with E-state index in [2.05, 4.69) is 18.1 Å². The number of nitrogens with zero attached hydrogens (tertiary/aromatic N) is 4. The fourth-order valence-electron chi connectivity index (χ4n) is 8.62. The van der Waals surface area contributed by atoms with E-state index >= 15 is 0 Å². The van der Waals surface area contributed by atoms with Gasteiger partial charge >= 0.3 is 0 Å². The van der Waals surface area contributed by atoms with Gasteiger partial charge in [-0.05, 0) is 99.7 Å². The van der Waals surface area contributed by atoms with Crippen LogP contribution >= 0.6 is 0 Å². The van der Waals surface area contributed by atoms with Crippen LogP contribution in [0.2, 0.25) is 0 Å². The molecule has 5 rings (SSSR count). The number of rotatable bonds is 3. The molecule has 8 atom stereocenters. The second kappa shape index (κ2) is 7.42. The molecule has 32 heavy (non-hydrogen) atoms. The molecule has 4 saturated carbocycles. The Labute approximate surface area is 190 Å². The molecule has 0 aromatic carbocycles. The molecule has 1 aromatic rings. The molecule has 6 heteroatoms. The first-order valence-electron chi connectivity index (χ1n) is 12.3. The molecule has 1 aromatic heterocycles. The van der Waals surface area contributed by atoms with Crippen molar-refractivity contribution in [2.75, 3.05) is 0 Å². The van der Waals surface area contributed by atoms with Crippen molar-refractivity contribution in [3.05, 3.63) is 18.0 Å². The molecule has 4 aliphatic rings. The van der Waals surface area contributed by atoms with Crippen LogP contribution in [0, 0.1) is 63.1 Å². The lowest BCUT2D eigenvalue weighted by Gasteiger charge is -2.57. The van der Waals surface area contributed by atoms with Crippen molar-refractivity contribution < 1.29 is 9.90 Å². The number of fused-ring (bicyclic) bond motifs is 5. The third-order valence-electron chi connectivity index (χ3n) is 10.2. The van der Waals surface area contributed by atoms with Crippen LogP contribution in [0.4, 0.5) is 0 Å². The summed E-state index contributed by atoms with van der Waals surface area (Å²) < 4.78 is 1.52. The maximum Gasteiger partial charge on any atom is 0.174 e. The molecule has 4 aliphatic carbocycles. The molecule has 1 N–H and O–H groups in total. The zero-order chi connectivity index (χ0) is 22.7. The first-order valence-corrected chi connectivity index (χ1v) is 12.3. The highest BCUT2D eigenvalue weighted by Gasteiger charge is 2.66. The van der Waals surface area contributed by atoms with Crippen LogP contribution in [0.15, 0.2) is 12.4 Å². The summed E-state index contributed by atoms with van der Waals surface area (Å²) in [5, 5.41) is 34.2. The summed E-state index contributed by atoms with van der Waals surface area (Å²) >= 11 is 0. The van der Waals surface area contributed by atoms with E-state index in [9.17, 15) is 15.2 Å². The Hall–Kier alpha value is -2.18. The van der Waals surface area contributed by atoms with E-state index < -0.39 is 11.0 Å². The molecule has 0 saturated heterocycles. The number of nitriles is 2. The van der Waals surface area contributed by atoms with E-state index in [0.717, 1.165) is 38.5 Å². The van der Waals surface area contributed by atoms with Crippen molar-refractivity contribution in [2.24, 2.45) is 40.4 Å². The highest BCUT2D eigenvalue weighted by atomic mass is 16.3. The minimum absolute atomic E-state index is 0.0431. The number of Topliss-reactive ketones (excluding diaryl/α,β-unsaturated/α-hetero) is 1. The zero-order valence-electron chi connectivity index (χ0n) is 19.3. The molecule has 1 heterocycles. The molecule has 0 unspecified atom stereocenters. The lowest BCUT2D eigenvalue weighted by Crippen LogP contribution is -2.54. The SMILES string of the molecule is C[C@@]1(O)CC[C@H]2[C@H](CC[C@@H]3[C@@H]2CC[C@@]2(C)[C@H]3CC[C@]2(C#N)C(=O)Cn2cc(C#N)cn2)C1. The van der Waals surface area contributed by atoms with Gasteiger partial charge in [0.25, 0.3) is 0 Å². The lowest BCUT2D eigenvalue weighted by atomic mass is 9.47. The van der Waals surface area contributed by atoms with Crippen LogP contribution < -0.4 is 0 Å². The monoisotopic (exact) mass is 434 g/mol. The molecular weight excluding hydrogens is 400 g/mol. The van der Waals surface area contributed by atoms with Gasteiger partial charge in [-0.2, -0.15) is 15.6 Å². The topological polar surface area (TPSA) is 103 Å². The van der Waals surface area contributed by atoms with Gasteiger partial charge in [0.2, 0.25) is 0 Å². The number of carbonyl (C=O) groups excluding carboxylic acids is 1. The number of hydrogen-bond donors (Lipinski definition) is 1. The fourth-order valence-corrected chi connectivity index (χ4v) is 8.62. The average Bonchev–Trinajstić information content (AvgIpc) is 3.34. The Balaban J connectivity index is 1.38. The smallest absolute Gasteiger partial charge is 0.174 e. The van der Waals surface area contributed by atoms with Crippen LogP contribution in [0.5, 0.6) is 0 Å². The Bertz CT molecular complexity index is 1000. The van der Waals surface area contributed by atoms with E-state index in [1.54, 1.807) is 6.20 Å². The molecular formula is C26H34N4O2. The molecule has 170 valence electrons. The van der Waals surface area contributed by atoms with E-state index in [1.165, 1.54) is 23.7 Å². The molecule has 0 amide bonds. The van der Waals surface area contributed by atoms with Crippen molar-refractivity contribution >= 4 is 5.78 Å². The number of aliphatic hydroxyl groups is 1. The zero-order valence-corrected chi connectivity index (χ0v) is 19.3. The number of carbonyl (C=O) groups is 1. The summed E-state index contributed by atoms with van der Waals surface area (Å²) in [6.07, 6.45) is 12.0. The lowest BCUT2D eigenvalue weighted by molar-refractivity contribution is -0.140. The molecule has 4 fully saturated rings. The van der Waals surface area contributed by atoms with E-state index in [1.807, 2.05) is 13.0 Å². The standard InChI is InChI=1S/C26H34N4O2/c1-24(32)8-5-19-18(11-24)3-4-21-20(19)6-9-25(2)22(21)7-10-26(25,16-28)23(31)15-30-14-17(12-27)13-29-30/h13-14,18-22,32H,3-11,15H2,1-2H3/t18-,19+,20-,21-,22+,24-,25+,26+/m1/s1. The van der Waals surface area contributed by atoms with Crippen molar-refractivity contribution in [3.8, 4) is 12.1 Å². The van der Waals surface area contributed by atoms with E-state index in [0.29, 0.717) is 41.6 Å². The minimum atomic E-state index is -0.964. The third kappa shape index (κ3) is 3.06. The Kier molecular flexibility index (Phi) is 5.02. The van der Waals surface area contributed by atoms with Crippen LogP contribution in [0.3, 0.4) is 0 Å². The van der Waals surface area contributed by atoms with Crippen molar-refractivity contribution in [2.45, 2.75) is 83.8 Å². The van der Waals surface area contributed by atoms with Crippen molar-refractivity contribution in [1.29, 1.82) is 10.5 Å². The summed E-state index contributed by atoms with van der Waals surface area (Å²) in [5.41, 5.74) is -1.33. The van der Waals surface area contributed by atoms with Gasteiger partial charge in [-0.15, -0.1) is 0 Å². The summed E-state index contributed by atoms with van der Waals surface area (Å²) in [5.74, 6) is 2.97. The predicted octanol–water partition coefficient (Wildman–Crippen LogP) is 4.24. The van der Waals surface area contributed by atoms with E-state index in [-0.39, 0.29) is 17.7 Å². The summed E-state index contributed by atoms with van der Waals surface area (Å²) in [7, 11) is 0. The van der Waals surface area contributed by atoms with Crippen LogP contribution in [-0.4, -0.2) is 26.3 Å². The van der Waals surface area contributed by atoms with Gasteiger partial charge < -0.3 is 5.11 Å². The second-order valence-corrected chi connectivity index (χ2v) is 11.6. The molecule has 0 bridgehead atoms. The van der Waals surface area contributed by atoms with Gasteiger partial charge in [0.15, 0.2) is 5.78 Å². The van der Waals surface area contributed by atoms with Crippen LogP contribution in [0.25, 0.3) is 0 Å². The summed E-state index contributed by atoms with van der Waals surface area (Å²) in [4.78, 5) is 13.6. The van der Waals surface area contributed by atoms with Gasteiger partial charge in [0.1, 0.15) is 18.0 Å². The van der Waals surface area contributed by atoms with Crippen LogP contribution in [-0.2, 0) is 11.3 Å². The van der Waals surface area contributed by atoms with Gasteiger partial charge in [0, 0.05) is 6.20 Å². The maximum atomic E-state index is 13.6. The van der Waals surface area contributed by atoms with E-state index in [4.69, 9.17) is 5.26 Å². The van der Waals surface area contributed by atoms with Gasteiger partial charge in [0.05, 0.1) is 23.4 Å². The van der Waals surface area contributed by atoms with Crippen molar-refractivity contribution in [3.63, 3.8) is 0 Å². The first kappa shape index (κ1) is 21.7. The normalized spacial score (nSPS) is 45.1. The highest BCUT2D eigenvalue weighted by molar-refractivity contribution is 5.88. The quantitative estimate of drug-likeness (QED) is 0.766. The maximum absolute atomic E-state index is 13.6. The Morgan fingerprint density at radius 2 is 1.91 bits per heavy atom. The van der Waals surface area contributed by atoms with Gasteiger partial charge in [-0.1, -0.05) is 6.92 Å². The van der Waals surface area contributed by atoms with Crippen molar-refractivity contribution in [1.82, 2.24) is 9.78 Å². The molecule has 0 radical (unpaired) electrons. The summed E-state index contributed by atoms with van der Waals surface area (Å²) in [6, 6.07) is 4.58. The number of aromatic nitrogens is 2. The fraction of sp³-hybridized carbons (Fsp3) is 0.769. The minimum Gasteiger partial charge on any atom is -0.390 e. The second-order valence-electron chi connectivity index (χ2n) is 11.6. The molecule has 0 aliphatic heterocycles. The third-order valence-corrected chi connectivity index (χ3v) is 10.2.